The molecule has 2 bridgehead atoms. The van der Waals surface area contributed by atoms with Gasteiger partial charge in [-0.25, -0.2) is 0 Å². The van der Waals surface area contributed by atoms with Crippen LogP contribution in [0.3, 0.4) is 0 Å². The van der Waals surface area contributed by atoms with Crippen LogP contribution in [0.15, 0.2) is 0 Å². The summed E-state index contributed by atoms with van der Waals surface area (Å²) >= 11 is 0. The van der Waals surface area contributed by atoms with Gasteiger partial charge in [0.25, 0.3) is 5.60 Å². The van der Waals surface area contributed by atoms with Crippen molar-refractivity contribution < 1.29 is 54.2 Å². The van der Waals surface area contributed by atoms with Gasteiger partial charge in [-0.3, -0.25) is 4.79 Å². The lowest BCUT2D eigenvalue weighted by Crippen LogP contribution is -2.70. The summed E-state index contributed by atoms with van der Waals surface area (Å²) in [4.78, 5) is 12.6. The Hall–Kier alpha value is -1.20. The predicted octanol–water partition coefficient (Wildman–Crippen LogP) is 5.02. The molecule has 12 heteroatoms. The summed E-state index contributed by atoms with van der Waals surface area (Å²) in [5, 5.41) is 9.51. The number of alkyl halides is 9. The molecule has 0 heterocycles. The molecule has 2 rings (SSSR count). The molecule has 0 radical (unpaired) electrons. The fourth-order valence-electron chi connectivity index (χ4n) is 4.95. The van der Waals surface area contributed by atoms with Crippen molar-refractivity contribution in [3.05, 3.63) is 0 Å². The Bertz CT molecular complexity index is 649. The van der Waals surface area contributed by atoms with E-state index in [0.29, 0.717) is 0 Å². The van der Waals surface area contributed by atoms with Crippen molar-refractivity contribution in [3.63, 3.8) is 0 Å². The van der Waals surface area contributed by atoms with Crippen molar-refractivity contribution in [2.75, 3.05) is 0 Å². The molecule has 2 aliphatic carbocycles. The Labute approximate surface area is 160 Å². The fraction of sp³-hybridized carbons (Fsp3) is 0.941. The number of rotatable bonds is 3. The first-order valence-electron chi connectivity index (χ1n) is 8.81. The normalized spacial score (nSPS) is 33.9. The summed E-state index contributed by atoms with van der Waals surface area (Å²) in [5.74, 6) is -4.98. The van der Waals surface area contributed by atoms with Gasteiger partial charge in [0, 0.05) is 0 Å². The zero-order valence-corrected chi connectivity index (χ0v) is 15.9. The van der Waals surface area contributed by atoms with E-state index in [1.807, 2.05) is 0 Å². The Kier molecular flexibility index (Phi) is 5.31. The third-order valence-electron chi connectivity index (χ3n) is 6.89. The van der Waals surface area contributed by atoms with Crippen molar-refractivity contribution in [2.24, 2.45) is 29.1 Å². The zero-order valence-electron chi connectivity index (χ0n) is 15.9. The maximum Gasteiger partial charge on any atom is 0.430 e. The second-order valence-corrected chi connectivity index (χ2v) is 8.60. The van der Waals surface area contributed by atoms with Gasteiger partial charge in [-0.2, -0.15) is 39.5 Å². The van der Waals surface area contributed by atoms with Gasteiger partial charge in [0.05, 0.1) is 0 Å². The van der Waals surface area contributed by atoms with Crippen molar-refractivity contribution in [2.45, 2.75) is 70.3 Å². The number of hydrogen-bond acceptors (Lipinski definition) is 3. The first-order valence-corrected chi connectivity index (χ1v) is 8.81. The van der Waals surface area contributed by atoms with Gasteiger partial charge in [-0.05, 0) is 50.4 Å². The van der Waals surface area contributed by atoms with E-state index in [4.69, 9.17) is 0 Å². The molecule has 0 saturated heterocycles. The molecule has 5 unspecified atom stereocenters. The Morgan fingerprint density at radius 2 is 1.38 bits per heavy atom. The number of carbonyl (C=O) groups excluding carboxylic acids is 1. The van der Waals surface area contributed by atoms with Crippen LogP contribution >= 0.6 is 0 Å². The van der Waals surface area contributed by atoms with E-state index >= 15 is 0 Å². The van der Waals surface area contributed by atoms with Crippen LogP contribution in [0.4, 0.5) is 39.5 Å². The number of hydrogen-bond donors (Lipinski definition) is 1. The number of carbonyl (C=O) groups is 1. The molecular formula is C17H21F9O3. The summed E-state index contributed by atoms with van der Waals surface area (Å²) < 4.78 is 125. The van der Waals surface area contributed by atoms with Crippen LogP contribution in [0.1, 0.15) is 40.5 Å². The number of aliphatic hydroxyl groups is 1. The van der Waals surface area contributed by atoms with Gasteiger partial charge >= 0.3 is 24.5 Å². The molecule has 29 heavy (non-hydrogen) atoms. The maximum absolute atomic E-state index is 14.0. The summed E-state index contributed by atoms with van der Waals surface area (Å²) in [6.45, 7) is 3.32. The minimum atomic E-state index is -6.36. The summed E-state index contributed by atoms with van der Waals surface area (Å²) in [7, 11) is 0. The van der Waals surface area contributed by atoms with Crippen molar-refractivity contribution in [3.8, 4) is 0 Å². The molecule has 0 aromatic heterocycles. The maximum atomic E-state index is 14.0. The lowest BCUT2D eigenvalue weighted by atomic mass is 9.65. The number of halogens is 9. The summed E-state index contributed by atoms with van der Waals surface area (Å²) in [6, 6.07) is 0. The fourth-order valence-corrected chi connectivity index (χ4v) is 4.95. The average Bonchev–Trinajstić information content (AvgIpc) is 3.01. The van der Waals surface area contributed by atoms with Crippen molar-refractivity contribution in [1.82, 2.24) is 0 Å². The first kappa shape index (κ1) is 24.1. The molecule has 2 fully saturated rings. The minimum absolute atomic E-state index is 0.0415. The van der Waals surface area contributed by atoms with Crippen LogP contribution in [-0.4, -0.2) is 40.8 Å². The molecule has 0 spiro atoms. The second-order valence-electron chi connectivity index (χ2n) is 8.60. The highest BCUT2D eigenvalue weighted by Crippen LogP contribution is 2.67. The van der Waals surface area contributed by atoms with E-state index in [0.717, 1.165) is 0 Å². The molecule has 2 saturated carbocycles. The van der Waals surface area contributed by atoms with Crippen LogP contribution < -0.4 is 0 Å². The molecule has 170 valence electrons. The monoisotopic (exact) mass is 444 g/mol. The summed E-state index contributed by atoms with van der Waals surface area (Å²) in [6.07, 6.45) is -18.8. The van der Waals surface area contributed by atoms with E-state index in [-0.39, 0.29) is 26.2 Å². The van der Waals surface area contributed by atoms with Gasteiger partial charge in [0.2, 0.25) is 0 Å². The molecule has 0 aliphatic heterocycles. The van der Waals surface area contributed by atoms with Crippen LogP contribution in [0.2, 0.25) is 0 Å². The lowest BCUT2D eigenvalue weighted by Gasteiger charge is -2.47. The Morgan fingerprint density at radius 1 is 0.931 bits per heavy atom. The second kappa shape index (κ2) is 6.40. The standard InChI is InChI=1S/C17H21F9O3/c1-7-8(2)10-5-9(7)6-13(10,15(18,19)20)11(27)29-12(3,4)14(28,16(21,22)23)17(24,25)26/h7-10,28H,5-6H2,1-4H3. The van der Waals surface area contributed by atoms with Crippen molar-refractivity contribution >= 4 is 5.97 Å². The SMILES string of the molecule is CC1C2CC(C1C)C(C(=O)OC(C)(C)C(O)(C(F)(F)F)C(F)(F)F)(C(F)(F)F)C2. The molecule has 5 atom stereocenters. The topological polar surface area (TPSA) is 46.5 Å². The minimum Gasteiger partial charge on any atom is -0.455 e. The molecular weight excluding hydrogens is 423 g/mol. The number of fused-ring (bicyclic) bond motifs is 2. The number of esters is 1. The largest absolute Gasteiger partial charge is 0.455 e. The van der Waals surface area contributed by atoms with Gasteiger partial charge < -0.3 is 9.84 Å². The summed E-state index contributed by atoms with van der Waals surface area (Å²) in [5.41, 5.74) is -12.6. The van der Waals surface area contributed by atoms with Crippen molar-refractivity contribution in [1.29, 1.82) is 0 Å². The highest BCUT2D eigenvalue weighted by Gasteiger charge is 2.80. The quantitative estimate of drug-likeness (QED) is 0.491. The van der Waals surface area contributed by atoms with E-state index < -0.39 is 65.3 Å². The third kappa shape index (κ3) is 3.11. The van der Waals surface area contributed by atoms with Crippen LogP contribution in [0.5, 0.6) is 0 Å². The Balaban J connectivity index is 2.50. The van der Waals surface area contributed by atoms with E-state index in [1.54, 1.807) is 6.92 Å². The van der Waals surface area contributed by atoms with Crippen LogP contribution in [-0.2, 0) is 9.53 Å². The molecule has 0 aromatic rings. The van der Waals surface area contributed by atoms with Gasteiger partial charge in [0.15, 0.2) is 11.0 Å². The molecule has 0 amide bonds. The lowest BCUT2D eigenvalue weighted by molar-refractivity contribution is -0.409. The van der Waals surface area contributed by atoms with E-state index in [2.05, 4.69) is 4.74 Å². The smallest absolute Gasteiger partial charge is 0.430 e. The van der Waals surface area contributed by atoms with E-state index in [1.165, 1.54) is 6.92 Å². The molecule has 2 aliphatic rings. The highest BCUT2D eigenvalue weighted by atomic mass is 19.4. The highest BCUT2D eigenvalue weighted by molar-refractivity contribution is 5.80. The van der Waals surface area contributed by atoms with Gasteiger partial charge in [0.1, 0.15) is 0 Å². The Morgan fingerprint density at radius 3 is 1.69 bits per heavy atom. The van der Waals surface area contributed by atoms with Crippen LogP contribution in [0, 0.1) is 29.1 Å². The molecule has 0 aromatic carbocycles. The van der Waals surface area contributed by atoms with Crippen LogP contribution in [0.25, 0.3) is 0 Å². The first-order chi connectivity index (χ1) is 12.6. The molecule has 1 N–H and O–H groups in total. The van der Waals surface area contributed by atoms with Gasteiger partial charge in [-0.15, -0.1) is 0 Å². The zero-order chi connectivity index (χ0) is 23.0. The molecule has 3 nitrogen and oxygen atoms in total. The predicted molar refractivity (Wildman–Crippen MR) is 80.3 cm³/mol. The van der Waals surface area contributed by atoms with Gasteiger partial charge in [-0.1, -0.05) is 13.8 Å². The number of ether oxygens (including phenoxy) is 1. The average molecular weight is 444 g/mol. The van der Waals surface area contributed by atoms with E-state index in [9.17, 15) is 49.4 Å². The third-order valence-corrected chi connectivity index (χ3v) is 6.89.